The minimum atomic E-state index is -0.481. The van der Waals surface area contributed by atoms with Crippen LogP contribution < -0.4 is 11.1 Å². The van der Waals surface area contributed by atoms with E-state index in [0.29, 0.717) is 11.7 Å². The molecule has 0 bridgehead atoms. The van der Waals surface area contributed by atoms with Gasteiger partial charge in [0.2, 0.25) is 5.89 Å². The number of halogens is 1. The minimum absolute atomic E-state index is 0.0910. The maximum absolute atomic E-state index is 12.9. The molecule has 1 amide bonds. The van der Waals surface area contributed by atoms with Crippen molar-refractivity contribution in [3.8, 4) is 0 Å². The largest absolute Gasteiger partial charge is 0.444 e. The maximum atomic E-state index is 12.9. The van der Waals surface area contributed by atoms with Crippen LogP contribution in [0.15, 0.2) is 28.8 Å². The Morgan fingerprint density at radius 2 is 2.26 bits per heavy atom. The summed E-state index contributed by atoms with van der Waals surface area (Å²) in [4.78, 5) is 16.0. The molecule has 0 radical (unpaired) electrons. The van der Waals surface area contributed by atoms with Crippen molar-refractivity contribution >= 4 is 11.6 Å². The third kappa shape index (κ3) is 2.90. The van der Waals surface area contributed by atoms with Gasteiger partial charge in [-0.05, 0) is 32.0 Å². The average Bonchev–Trinajstić information content (AvgIpc) is 2.75. The number of nitrogens with one attached hydrogen (secondary N) is 1. The fourth-order valence-electron chi connectivity index (χ4n) is 1.65. The van der Waals surface area contributed by atoms with Crippen LogP contribution in [-0.2, 0) is 0 Å². The van der Waals surface area contributed by atoms with Crippen molar-refractivity contribution in [1.82, 2.24) is 10.3 Å². The Morgan fingerprint density at radius 3 is 2.84 bits per heavy atom. The molecule has 1 atom stereocenters. The molecule has 0 saturated heterocycles. The van der Waals surface area contributed by atoms with Crippen LogP contribution in [-0.4, -0.2) is 10.9 Å². The summed E-state index contributed by atoms with van der Waals surface area (Å²) in [5.41, 5.74) is 5.91. The summed E-state index contributed by atoms with van der Waals surface area (Å²) < 4.78 is 18.2. The number of aryl methyl sites for hydroxylation is 1. The number of nitrogen functional groups attached to an aromatic ring is 1. The molecule has 19 heavy (non-hydrogen) atoms. The van der Waals surface area contributed by atoms with Gasteiger partial charge in [0.15, 0.2) is 0 Å². The molecule has 100 valence electrons. The van der Waals surface area contributed by atoms with E-state index in [0.717, 1.165) is 6.07 Å². The van der Waals surface area contributed by atoms with Crippen LogP contribution in [0.3, 0.4) is 0 Å². The fraction of sp³-hybridized carbons (Fsp3) is 0.231. The molecule has 1 aromatic heterocycles. The van der Waals surface area contributed by atoms with Gasteiger partial charge in [-0.1, -0.05) is 0 Å². The number of hydrogen-bond acceptors (Lipinski definition) is 4. The molecule has 2 aromatic rings. The lowest BCUT2D eigenvalue weighted by atomic mass is 10.1. The van der Waals surface area contributed by atoms with E-state index in [1.54, 1.807) is 20.0 Å². The van der Waals surface area contributed by atoms with Gasteiger partial charge in [0.1, 0.15) is 17.6 Å². The van der Waals surface area contributed by atoms with Crippen molar-refractivity contribution in [2.75, 3.05) is 5.73 Å². The number of carbonyl (C=O) groups is 1. The standard InChI is InChI=1S/C13H14FN3O2/c1-7-6-16-13(19-7)8(2)17-12(18)10-4-3-9(14)5-11(10)15/h3-6,8H,15H2,1-2H3,(H,17,18). The zero-order chi connectivity index (χ0) is 14.0. The van der Waals surface area contributed by atoms with Crippen LogP contribution in [0.5, 0.6) is 0 Å². The molecular weight excluding hydrogens is 249 g/mol. The van der Waals surface area contributed by atoms with Crippen molar-refractivity contribution in [3.05, 3.63) is 47.4 Å². The first kappa shape index (κ1) is 13.1. The van der Waals surface area contributed by atoms with Crippen molar-refractivity contribution in [2.45, 2.75) is 19.9 Å². The molecule has 0 fully saturated rings. The molecule has 2 rings (SSSR count). The summed E-state index contributed by atoms with van der Waals surface area (Å²) in [6.07, 6.45) is 1.57. The first-order valence-corrected chi connectivity index (χ1v) is 5.75. The number of oxazole rings is 1. The molecule has 3 N–H and O–H groups in total. The predicted octanol–water partition coefficient (Wildman–Crippen LogP) is 2.20. The van der Waals surface area contributed by atoms with E-state index in [2.05, 4.69) is 10.3 Å². The maximum Gasteiger partial charge on any atom is 0.254 e. The number of hydrogen-bond donors (Lipinski definition) is 2. The summed E-state index contributed by atoms with van der Waals surface area (Å²) in [7, 11) is 0. The zero-order valence-corrected chi connectivity index (χ0v) is 10.6. The Kier molecular flexibility index (Phi) is 3.50. The summed E-state index contributed by atoms with van der Waals surface area (Å²) in [5, 5.41) is 2.69. The normalized spacial score (nSPS) is 12.2. The molecule has 0 saturated carbocycles. The Morgan fingerprint density at radius 1 is 1.53 bits per heavy atom. The number of anilines is 1. The van der Waals surface area contributed by atoms with Gasteiger partial charge in [-0.3, -0.25) is 4.79 Å². The second kappa shape index (κ2) is 5.09. The van der Waals surface area contributed by atoms with Gasteiger partial charge in [-0.15, -0.1) is 0 Å². The van der Waals surface area contributed by atoms with E-state index in [9.17, 15) is 9.18 Å². The van der Waals surface area contributed by atoms with Crippen LogP contribution >= 0.6 is 0 Å². The van der Waals surface area contributed by atoms with Crippen LogP contribution in [0.25, 0.3) is 0 Å². The molecular formula is C13H14FN3O2. The van der Waals surface area contributed by atoms with Crippen LogP contribution in [0.4, 0.5) is 10.1 Å². The number of aromatic nitrogens is 1. The average molecular weight is 263 g/mol. The molecule has 1 aromatic carbocycles. The van der Waals surface area contributed by atoms with Crippen molar-refractivity contribution in [3.63, 3.8) is 0 Å². The smallest absolute Gasteiger partial charge is 0.254 e. The van der Waals surface area contributed by atoms with Gasteiger partial charge in [0, 0.05) is 5.69 Å². The quantitative estimate of drug-likeness (QED) is 0.832. The molecule has 0 aliphatic rings. The second-order valence-electron chi connectivity index (χ2n) is 4.24. The highest BCUT2D eigenvalue weighted by Crippen LogP contribution is 2.16. The van der Waals surface area contributed by atoms with Gasteiger partial charge >= 0.3 is 0 Å². The number of carbonyl (C=O) groups excluding carboxylic acids is 1. The highest BCUT2D eigenvalue weighted by molar-refractivity contribution is 5.99. The summed E-state index contributed by atoms with van der Waals surface area (Å²) in [5.74, 6) is 0.190. The Labute approximate surface area is 109 Å². The lowest BCUT2D eigenvalue weighted by Crippen LogP contribution is -2.27. The highest BCUT2D eigenvalue weighted by Gasteiger charge is 2.17. The van der Waals surface area contributed by atoms with Crippen molar-refractivity contribution < 1.29 is 13.6 Å². The molecule has 0 aliphatic carbocycles. The third-order valence-corrected chi connectivity index (χ3v) is 2.62. The first-order chi connectivity index (χ1) is 8.97. The predicted molar refractivity (Wildman–Crippen MR) is 67.9 cm³/mol. The van der Waals surface area contributed by atoms with Crippen LogP contribution in [0, 0.1) is 12.7 Å². The lowest BCUT2D eigenvalue weighted by molar-refractivity contribution is 0.0935. The molecule has 1 heterocycles. The van der Waals surface area contributed by atoms with Crippen molar-refractivity contribution in [2.24, 2.45) is 0 Å². The summed E-state index contributed by atoms with van der Waals surface area (Å²) in [6, 6.07) is 3.24. The minimum Gasteiger partial charge on any atom is -0.444 e. The number of nitrogens with two attached hydrogens (primary N) is 1. The van der Waals surface area contributed by atoms with Crippen molar-refractivity contribution in [1.29, 1.82) is 0 Å². The zero-order valence-electron chi connectivity index (χ0n) is 10.6. The van der Waals surface area contributed by atoms with E-state index < -0.39 is 17.8 Å². The lowest BCUT2D eigenvalue weighted by Gasteiger charge is -2.11. The molecule has 6 heteroatoms. The number of amides is 1. The van der Waals surface area contributed by atoms with E-state index >= 15 is 0 Å². The SMILES string of the molecule is Cc1cnc(C(C)NC(=O)c2ccc(F)cc2N)o1. The Bertz CT molecular complexity index is 610. The van der Waals surface area contributed by atoms with Gasteiger partial charge < -0.3 is 15.5 Å². The Hall–Kier alpha value is -2.37. The van der Waals surface area contributed by atoms with Crippen LogP contribution in [0.1, 0.15) is 35.0 Å². The first-order valence-electron chi connectivity index (χ1n) is 5.75. The third-order valence-electron chi connectivity index (χ3n) is 2.62. The monoisotopic (exact) mass is 263 g/mol. The topological polar surface area (TPSA) is 81.2 Å². The Balaban J connectivity index is 2.12. The molecule has 0 aliphatic heterocycles. The van der Waals surface area contributed by atoms with E-state index in [1.807, 2.05) is 0 Å². The second-order valence-corrected chi connectivity index (χ2v) is 4.24. The fourth-order valence-corrected chi connectivity index (χ4v) is 1.65. The van der Waals surface area contributed by atoms with Crippen LogP contribution in [0.2, 0.25) is 0 Å². The van der Waals surface area contributed by atoms with Gasteiger partial charge in [-0.25, -0.2) is 9.37 Å². The van der Waals surface area contributed by atoms with Gasteiger partial charge in [0.25, 0.3) is 5.91 Å². The summed E-state index contributed by atoms with van der Waals surface area (Å²) >= 11 is 0. The molecule has 5 nitrogen and oxygen atoms in total. The number of nitrogens with zero attached hydrogens (tertiary/aromatic N) is 1. The van der Waals surface area contributed by atoms with Gasteiger partial charge in [-0.2, -0.15) is 0 Å². The van der Waals surface area contributed by atoms with Gasteiger partial charge in [0.05, 0.1) is 11.8 Å². The molecule has 1 unspecified atom stereocenters. The van der Waals surface area contributed by atoms with E-state index in [-0.39, 0.29) is 11.3 Å². The number of rotatable bonds is 3. The summed E-state index contributed by atoms with van der Waals surface area (Å²) in [6.45, 7) is 3.51. The highest BCUT2D eigenvalue weighted by atomic mass is 19.1. The van der Waals surface area contributed by atoms with E-state index in [4.69, 9.17) is 10.2 Å². The number of benzene rings is 1. The molecule has 0 spiro atoms. The van der Waals surface area contributed by atoms with E-state index in [1.165, 1.54) is 12.1 Å².